The summed E-state index contributed by atoms with van der Waals surface area (Å²) in [5.41, 5.74) is 6.66. The van der Waals surface area contributed by atoms with E-state index in [0.29, 0.717) is 6.54 Å². The van der Waals surface area contributed by atoms with Crippen LogP contribution in [-0.2, 0) is 13.1 Å². The molecule has 0 aromatic carbocycles. The molecular weight excluding hydrogens is 200 g/mol. The van der Waals surface area contributed by atoms with E-state index in [1.54, 1.807) is 6.26 Å². The number of nitrogens with two attached hydrogens (primary N) is 1. The average Bonchev–Trinajstić information content (AvgIpc) is 2.89. The number of hydrogen-bond donors (Lipinski definition) is 1. The summed E-state index contributed by atoms with van der Waals surface area (Å²) in [4.78, 5) is 2.49. The van der Waals surface area contributed by atoms with Crippen molar-refractivity contribution in [1.29, 1.82) is 0 Å². The minimum absolute atomic E-state index is 0.571. The predicted molar refractivity (Wildman–Crippen MR) is 64.9 cm³/mol. The van der Waals surface area contributed by atoms with E-state index in [9.17, 15) is 0 Å². The zero-order chi connectivity index (χ0) is 11.4. The second-order valence-electron chi connectivity index (χ2n) is 4.80. The molecule has 1 unspecified atom stereocenters. The number of hydrogen-bond acceptors (Lipinski definition) is 3. The van der Waals surface area contributed by atoms with Gasteiger partial charge in [0.2, 0.25) is 0 Å². The predicted octanol–water partition coefficient (Wildman–Crippen LogP) is 2.36. The second kappa shape index (κ2) is 5.51. The number of furan rings is 1. The Bertz CT molecular complexity index is 321. The molecule has 1 saturated heterocycles. The van der Waals surface area contributed by atoms with Crippen LogP contribution < -0.4 is 5.73 Å². The third-order valence-electron chi connectivity index (χ3n) is 3.39. The average molecular weight is 222 g/mol. The molecule has 1 aromatic heterocycles. The zero-order valence-electron chi connectivity index (χ0n) is 10.1. The molecule has 0 bridgehead atoms. The van der Waals surface area contributed by atoms with Gasteiger partial charge in [0.05, 0.1) is 12.8 Å². The van der Waals surface area contributed by atoms with Crippen molar-refractivity contribution in [1.82, 2.24) is 4.90 Å². The highest BCUT2D eigenvalue weighted by atomic mass is 16.3. The van der Waals surface area contributed by atoms with Crippen LogP contribution in [0.25, 0.3) is 0 Å². The molecule has 2 heterocycles. The SMILES string of the molecule is CCCC1CCN(Cc2cc(CN)co2)C1. The van der Waals surface area contributed by atoms with E-state index in [-0.39, 0.29) is 0 Å². The molecule has 90 valence electrons. The zero-order valence-corrected chi connectivity index (χ0v) is 10.1. The lowest BCUT2D eigenvalue weighted by Gasteiger charge is -2.13. The second-order valence-corrected chi connectivity index (χ2v) is 4.80. The van der Waals surface area contributed by atoms with Gasteiger partial charge in [-0.25, -0.2) is 0 Å². The van der Waals surface area contributed by atoms with Crippen LogP contribution in [0.3, 0.4) is 0 Å². The number of nitrogens with zero attached hydrogens (tertiary/aromatic N) is 1. The number of likely N-dealkylation sites (tertiary alicyclic amines) is 1. The lowest BCUT2D eigenvalue weighted by Crippen LogP contribution is -2.19. The van der Waals surface area contributed by atoms with E-state index in [0.717, 1.165) is 23.8 Å². The first kappa shape index (κ1) is 11.7. The molecule has 0 aliphatic carbocycles. The molecule has 3 nitrogen and oxygen atoms in total. The normalized spacial score (nSPS) is 21.8. The molecule has 3 heteroatoms. The highest BCUT2D eigenvalue weighted by Gasteiger charge is 2.22. The van der Waals surface area contributed by atoms with Gasteiger partial charge in [-0.2, -0.15) is 0 Å². The summed E-state index contributed by atoms with van der Waals surface area (Å²) in [5, 5.41) is 0. The van der Waals surface area contributed by atoms with Crippen molar-refractivity contribution in [2.75, 3.05) is 13.1 Å². The van der Waals surface area contributed by atoms with E-state index < -0.39 is 0 Å². The van der Waals surface area contributed by atoms with Crippen LogP contribution in [0.15, 0.2) is 16.7 Å². The lowest BCUT2D eigenvalue weighted by molar-refractivity contribution is 0.284. The summed E-state index contributed by atoms with van der Waals surface area (Å²) in [6, 6.07) is 2.08. The Hall–Kier alpha value is -0.800. The fourth-order valence-electron chi connectivity index (χ4n) is 2.54. The van der Waals surface area contributed by atoms with Crippen molar-refractivity contribution in [2.24, 2.45) is 11.7 Å². The summed E-state index contributed by atoms with van der Waals surface area (Å²) in [6.07, 6.45) is 5.78. The molecule has 0 spiro atoms. The van der Waals surface area contributed by atoms with Gasteiger partial charge in [-0.3, -0.25) is 4.90 Å². The highest BCUT2D eigenvalue weighted by molar-refractivity contribution is 5.12. The Labute approximate surface area is 97.6 Å². The van der Waals surface area contributed by atoms with Crippen molar-refractivity contribution in [3.8, 4) is 0 Å². The molecule has 0 saturated carbocycles. The van der Waals surface area contributed by atoms with Gasteiger partial charge in [-0.05, 0) is 31.4 Å². The van der Waals surface area contributed by atoms with Crippen LogP contribution in [0.2, 0.25) is 0 Å². The van der Waals surface area contributed by atoms with Crippen LogP contribution in [0.4, 0.5) is 0 Å². The minimum atomic E-state index is 0.571. The van der Waals surface area contributed by atoms with E-state index in [2.05, 4.69) is 17.9 Å². The molecule has 1 aliphatic rings. The van der Waals surface area contributed by atoms with Gasteiger partial charge in [0, 0.05) is 18.7 Å². The maximum Gasteiger partial charge on any atom is 0.118 e. The minimum Gasteiger partial charge on any atom is -0.468 e. The van der Waals surface area contributed by atoms with Crippen LogP contribution in [-0.4, -0.2) is 18.0 Å². The lowest BCUT2D eigenvalue weighted by atomic mass is 10.0. The molecule has 16 heavy (non-hydrogen) atoms. The van der Waals surface area contributed by atoms with Crippen molar-refractivity contribution >= 4 is 0 Å². The quantitative estimate of drug-likeness (QED) is 0.831. The standard InChI is InChI=1S/C13H22N2O/c1-2-3-11-4-5-15(8-11)9-13-6-12(7-14)10-16-13/h6,10-11H,2-5,7-9,14H2,1H3. The summed E-state index contributed by atoms with van der Waals surface area (Å²) < 4.78 is 5.49. The summed E-state index contributed by atoms with van der Waals surface area (Å²) in [5.74, 6) is 1.95. The molecule has 1 atom stereocenters. The largest absolute Gasteiger partial charge is 0.468 e. The third-order valence-corrected chi connectivity index (χ3v) is 3.39. The maximum absolute atomic E-state index is 5.56. The Morgan fingerprint density at radius 1 is 1.56 bits per heavy atom. The van der Waals surface area contributed by atoms with Gasteiger partial charge in [0.15, 0.2) is 0 Å². The molecule has 0 amide bonds. The summed E-state index contributed by atoms with van der Waals surface area (Å²) >= 11 is 0. The monoisotopic (exact) mass is 222 g/mol. The highest BCUT2D eigenvalue weighted by Crippen LogP contribution is 2.22. The van der Waals surface area contributed by atoms with Gasteiger partial charge in [0.1, 0.15) is 5.76 Å². The summed E-state index contributed by atoms with van der Waals surface area (Å²) in [7, 11) is 0. The summed E-state index contributed by atoms with van der Waals surface area (Å²) in [6.45, 7) is 6.22. The maximum atomic E-state index is 5.56. The number of rotatable bonds is 5. The van der Waals surface area contributed by atoms with E-state index in [1.807, 2.05) is 0 Å². The van der Waals surface area contributed by atoms with Gasteiger partial charge < -0.3 is 10.2 Å². The third kappa shape index (κ3) is 2.86. The Balaban J connectivity index is 1.82. The van der Waals surface area contributed by atoms with Crippen molar-refractivity contribution in [3.05, 3.63) is 23.7 Å². The van der Waals surface area contributed by atoms with Crippen molar-refractivity contribution in [3.63, 3.8) is 0 Å². The van der Waals surface area contributed by atoms with E-state index in [4.69, 9.17) is 10.2 Å². The Morgan fingerprint density at radius 2 is 2.44 bits per heavy atom. The topological polar surface area (TPSA) is 42.4 Å². The van der Waals surface area contributed by atoms with E-state index >= 15 is 0 Å². The molecule has 1 aliphatic heterocycles. The van der Waals surface area contributed by atoms with Crippen molar-refractivity contribution < 1.29 is 4.42 Å². The van der Waals surface area contributed by atoms with Gasteiger partial charge in [0.25, 0.3) is 0 Å². The smallest absolute Gasteiger partial charge is 0.118 e. The van der Waals surface area contributed by atoms with Gasteiger partial charge in [-0.15, -0.1) is 0 Å². The van der Waals surface area contributed by atoms with Gasteiger partial charge >= 0.3 is 0 Å². The molecule has 1 aromatic rings. The fourth-order valence-corrected chi connectivity index (χ4v) is 2.54. The molecule has 1 fully saturated rings. The van der Waals surface area contributed by atoms with Crippen molar-refractivity contribution in [2.45, 2.75) is 39.3 Å². The molecule has 2 rings (SSSR count). The van der Waals surface area contributed by atoms with Crippen LogP contribution in [0.5, 0.6) is 0 Å². The molecule has 2 N–H and O–H groups in total. The first-order valence-electron chi connectivity index (χ1n) is 6.30. The van der Waals surface area contributed by atoms with E-state index in [1.165, 1.54) is 32.4 Å². The van der Waals surface area contributed by atoms with Crippen LogP contribution in [0.1, 0.15) is 37.5 Å². The van der Waals surface area contributed by atoms with Crippen LogP contribution >= 0.6 is 0 Å². The first-order valence-corrected chi connectivity index (χ1v) is 6.30. The Morgan fingerprint density at radius 3 is 3.12 bits per heavy atom. The molecule has 0 radical (unpaired) electrons. The fraction of sp³-hybridized carbons (Fsp3) is 0.692. The first-order chi connectivity index (χ1) is 7.81. The Kier molecular flexibility index (Phi) is 4.02. The van der Waals surface area contributed by atoms with Crippen LogP contribution in [0, 0.1) is 5.92 Å². The molecular formula is C13H22N2O. The van der Waals surface area contributed by atoms with Gasteiger partial charge in [-0.1, -0.05) is 13.3 Å².